The van der Waals surface area contributed by atoms with E-state index in [1.165, 1.54) is 0 Å². The SMILES string of the molecule is Clc1ccc(-c2ccccc2Br)cc1Cl. The summed E-state index contributed by atoms with van der Waals surface area (Å²) in [6, 6.07) is 13.6. The molecule has 2 aromatic carbocycles. The second-order valence-corrected chi connectivity index (χ2v) is 4.78. The van der Waals surface area contributed by atoms with E-state index >= 15 is 0 Å². The van der Waals surface area contributed by atoms with E-state index in [0.29, 0.717) is 10.0 Å². The van der Waals surface area contributed by atoms with Crippen LogP contribution in [0.2, 0.25) is 10.0 Å². The molecule has 0 spiro atoms. The van der Waals surface area contributed by atoms with E-state index in [-0.39, 0.29) is 0 Å². The van der Waals surface area contributed by atoms with Gasteiger partial charge in [0, 0.05) is 4.47 Å². The van der Waals surface area contributed by atoms with Gasteiger partial charge in [-0.05, 0) is 29.3 Å². The average Bonchev–Trinajstić information content (AvgIpc) is 2.23. The molecule has 0 saturated carbocycles. The Morgan fingerprint density at radius 2 is 1.60 bits per heavy atom. The van der Waals surface area contributed by atoms with Gasteiger partial charge in [0.2, 0.25) is 0 Å². The predicted molar refractivity (Wildman–Crippen MR) is 69.6 cm³/mol. The van der Waals surface area contributed by atoms with Crippen LogP contribution in [-0.2, 0) is 0 Å². The van der Waals surface area contributed by atoms with E-state index in [2.05, 4.69) is 15.9 Å². The van der Waals surface area contributed by atoms with Gasteiger partial charge in [0.1, 0.15) is 0 Å². The van der Waals surface area contributed by atoms with E-state index in [0.717, 1.165) is 15.6 Å². The largest absolute Gasteiger partial charge is 0.0827 e. The van der Waals surface area contributed by atoms with E-state index < -0.39 is 0 Å². The van der Waals surface area contributed by atoms with E-state index in [9.17, 15) is 0 Å². The molecule has 15 heavy (non-hydrogen) atoms. The Bertz CT molecular complexity index is 495. The van der Waals surface area contributed by atoms with E-state index in [1.54, 1.807) is 6.07 Å². The highest BCUT2D eigenvalue weighted by atomic mass is 79.9. The molecule has 0 nitrogen and oxygen atoms in total. The highest BCUT2D eigenvalue weighted by molar-refractivity contribution is 9.10. The minimum absolute atomic E-state index is 0.574. The molecule has 2 rings (SSSR count). The zero-order chi connectivity index (χ0) is 10.8. The topological polar surface area (TPSA) is 0 Å². The zero-order valence-electron chi connectivity index (χ0n) is 7.68. The Hall–Kier alpha value is -0.500. The molecule has 0 radical (unpaired) electrons. The van der Waals surface area contributed by atoms with Crippen LogP contribution in [0.3, 0.4) is 0 Å². The van der Waals surface area contributed by atoms with Crippen LogP contribution < -0.4 is 0 Å². The van der Waals surface area contributed by atoms with Crippen molar-refractivity contribution in [3.63, 3.8) is 0 Å². The van der Waals surface area contributed by atoms with Gasteiger partial charge in [-0.1, -0.05) is 63.4 Å². The van der Waals surface area contributed by atoms with Crippen molar-refractivity contribution < 1.29 is 0 Å². The molecular weight excluding hydrogens is 295 g/mol. The van der Waals surface area contributed by atoms with Crippen molar-refractivity contribution in [3.8, 4) is 11.1 Å². The minimum atomic E-state index is 0.574. The second-order valence-electron chi connectivity index (χ2n) is 3.11. The zero-order valence-corrected chi connectivity index (χ0v) is 10.8. The third-order valence-electron chi connectivity index (χ3n) is 2.10. The highest BCUT2D eigenvalue weighted by Gasteiger charge is 2.04. The van der Waals surface area contributed by atoms with Crippen molar-refractivity contribution >= 4 is 39.1 Å². The summed E-state index contributed by atoms with van der Waals surface area (Å²) in [4.78, 5) is 0. The van der Waals surface area contributed by atoms with Gasteiger partial charge in [-0.2, -0.15) is 0 Å². The number of hydrogen-bond acceptors (Lipinski definition) is 0. The quantitative estimate of drug-likeness (QED) is 0.659. The maximum Gasteiger partial charge on any atom is 0.0598 e. The summed E-state index contributed by atoms with van der Waals surface area (Å²) in [5.41, 5.74) is 2.16. The fourth-order valence-electron chi connectivity index (χ4n) is 1.36. The molecule has 0 atom stereocenters. The maximum atomic E-state index is 5.97. The van der Waals surface area contributed by atoms with Crippen molar-refractivity contribution in [2.24, 2.45) is 0 Å². The molecule has 0 aliphatic rings. The monoisotopic (exact) mass is 300 g/mol. The van der Waals surface area contributed by atoms with Gasteiger partial charge in [0.05, 0.1) is 10.0 Å². The maximum absolute atomic E-state index is 5.97. The summed E-state index contributed by atoms with van der Waals surface area (Å²) in [6.07, 6.45) is 0. The van der Waals surface area contributed by atoms with Crippen LogP contribution in [0.25, 0.3) is 11.1 Å². The first kappa shape index (κ1) is 11.0. The molecule has 0 fully saturated rings. The molecular formula is C12H7BrCl2. The summed E-state index contributed by atoms with van der Waals surface area (Å²) in [7, 11) is 0. The van der Waals surface area contributed by atoms with Crippen LogP contribution in [0.1, 0.15) is 0 Å². The Balaban J connectivity index is 2.55. The van der Waals surface area contributed by atoms with Gasteiger partial charge >= 0.3 is 0 Å². The number of halogens is 3. The van der Waals surface area contributed by atoms with Crippen molar-refractivity contribution in [3.05, 3.63) is 57.0 Å². The van der Waals surface area contributed by atoms with Crippen molar-refractivity contribution in [1.29, 1.82) is 0 Å². The standard InChI is InChI=1S/C12H7BrCl2/c13-10-4-2-1-3-9(10)8-5-6-11(14)12(15)7-8/h1-7H. The minimum Gasteiger partial charge on any atom is -0.0827 e. The molecule has 0 unspecified atom stereocenters. The predicted octanol–water partition coefficient (Wildman–Crippen LogP) is 5.42. The molecule has 0 N–H and O–H groups in total. The van der Waals surface area contributed by atoms with Gasteiger partial charge in [-0.15, -0.1) is 0 Å². The lowest BCUT2D eigenvalue weighted by molar-refractivity contribution is 1.58. The summed E-state index contributed by atoms with van der Waals surface area (Å²) in [5.74, 6) is 0. The molecule has 0 heterocycles. The van der Waals surface area contributed by atoms with Crippen LogP contribution in [-0.4, -0.2) is 0 Å². The first-order valence-corrected chi connectivity index (χ1v) is 5.93. The van der Waals surface area contributed by atoms with Crippen LogP contribution in [0.15, 0.2) is 46.9 Å². The second kappa shape index (κ2) is 4.56. The Kier molecular flexibility index (Phi) is 3.35. The molecule has 2 aromatic rings. The number of benzene rings is 2. The highest BCUT2D eigenvalue weighted by Crippen LogP contribution is 2.32. The normalized spacial score (nSPS) is 10.3. The van der Waals surface area contributed by atoms with Crippen LogP contribution >= 0.6 is 39.1 Å². The van der Waals surface area contributed by atoms with Gasteiger partial charge in [0.25, 0.3) is 0 Å². The molecule has 3 heteroatoms. The van der Waals surface area contributed by atoms with E-state index in [4.69, 9.17) is 23.2 Å². The lowest BCUT2D eigenvalue weighted by Crippen LogP contribution is -1.79. The van der Waals surface area contributed by atoms with Crippen LogP contribution in [0, 0.1) is 0 Å². The molecule has 0 amide bonds. The van der Waals surface area contributed by atoms with Gasteiger partial charge in [0.15, 0.2) is 0 Å². The third kappa shape index (κ3) is 2.36. The van der Waals surface area contributed by atoms with Gasteiger partial charge < -0.3 is 0 Å². The van der Waals surface area contributed by atoms with Gasteiger partial charge in [-0.3, -0.25) is 0 Å². The van der Waals surface area contributed by atoms with Crippen LogP contribution in [0.5, 0.6) is 0 Å². The molecule has 0 bridgehead atoms. The van der Waals surface area contributed by atoms with E-state index in [1.807, 2.05) is 36.4 Å². The molecule has 0 aliphatic heterocycles. The Morgan fingerprint density at radius 1 is 0.867 bits per heavy atom. The smallest absolute Gasteiger partial charge is 0.0598 e. The Labute approximate surface area is 107 Å². The summed E-state index contributed by atoms with van der Waals surface area (Å²) in [5, 5.41) is 1.15. The summed E-state index contributed by atoms with van der Waals surface area (Å²) >= 11 is 15.3. The summed E-state index contributed by atoms with van der Waals surface area (Å²) in [6.45, 7) is 0. The van der Waals surface area contributed by atoms with Crippen molar-refractivity contribution in [2.75, 3.05) is 0 Å². The number of rotatable bonds is 1. The first-order chi connectivity index (χ1) is 7.18. The molecule has 0 saturated heterocycles. The summed E-state index contributed by atoms with van der Waals surface area (Å²) < 4.78 is 1.04. The van der Waals surface area contributed by atoms with Crippen molar-refractivity contribution in [2.45, 2.75) is 0 Å². The molecule has 0 aromatic heterocycles. The average molecular weight is 302 g/mol. The lowest BCUT2D eigenvalue weighted by atomic mass is 10.1. The Morgan fingerprint density at radius 3 is 2.27 bits per heavy atom. The molecule has 76 valence electrons. The first-order valence-electron chi connectivity index (χ1n) is 4.38. The van der Waals surface area contributed by atoms with Crippen LogP contribution in [0.4, 0.5) is 0 Å². The number of hydrogen-bond donors (Lipinski definition) is 0. The third-order valence-corrected chi connectivity index (χ3v) is 3.53. The lowest BCUT2D eigenvalue weighted by Gasteiger charge is -2.05. The molecule has 0 aliphatic carbocycles. The van der Waals surface area contributed by atoms with Crippen molar-refractivity contribution in [1.82, 2.24) is 0 Å². The fourth-order valence-corrected chi connectivity index (χ4v) is 2.17. The van der Waals surface area contributed by atoms with Gasteiger partial charge in [-0.25, -0.2) is 0 Å². The fraction of sp³-hybridized carbons (Fsp3) is 0.